The van der Waals surface area contributed by atoms with Gasteiger partial charge in [-0.3, -0.25) is 10.6 Å². The van der Waals surface area contributed by atoms with E-state index in [1.54, 1.807) is 29.4 Å². The molecular formula is C14H17N3OS. The van der Waals surface area contributed by atoms with E-state index < -0.39 is 0 Å². The number of hydrogen-bond donors (Lipinski definition) is 2. The zero-order chi connectivity index (χ0) is 13.8. The minimum atomic E-state index is -0.0425. The standard InChI is InChI=1S/C14H17N3OS/c1-10-3-4-12(13(7-10)16-15)14(18)17(2)8-11-5-6-19-9-11/h3-7,9,16H,8,15H2,1-2H3. The van der Waals surface area contributed by atoms with Crippen molar-refractivity contribution in [3.8, 4) is 0 Å². The quantitative estimate of drug-likeness (QED) is 0.666. The van der Waals surface area contributed by atoms with E-state index >= 15 is 0 Å². The number of nitrogens with zero attached hydrogens (tertiary/aromatic N) is 1. The van der Waals surface area contributed by atoms with E-state index in [4.69, 9.17) is 5.84 Å². The molecular weight excluding hydrogens is 258 g/mol. The Morgan fingerprint density at radius 2 is 2.21 bits per heavy atom. The van der Waals surface area contributed by atoms with Crippen LogP contribution in [0, 0.1) is 6.92 Å². The van der Waals surface area contributed by atoms with E-state index in [0.29, 0.717) is 17.8 Å². The predicted octanol–water partition coefficient (Wildman–Crippen LogP) is 2.61. The van der Waals surface area contributed by atoms with Gasteiger partial charge in [0.05, 0.1) is 11.3 Å². The van der Waals surface area contributed by atoms with E-state index in [0.717, 1.165) is 11.1 Å². The second kappa shape index (κ2) is 5.86. The summed E-state index contributed by atoms with van der Waals surface area (Å²) < 4.78 is 0. The van der Waals surface area contributed by atoms with Crippen molar-refractivity contribution in [2.45, 2.75) is 13.5 Å². The molecule has 0 radical (unpaired) electrons. The van der Waals surface area contributed by atoms with Crippen LogP contribution < -0.4 is 11.3 Å². The first-order valence-corrected chi connectivity index (χ1v) is 6.90. The van der Waals surface area contributed by atoms with Crippen molar-refractivity contribution < 1.29 is 4.79 Å². The Morgan fingerprint density at radius 1 is 1.42 bits per heavy atom. The van der Waals surface area contributed by atoms with Crippen molar-refractivity contribution >= 4 is 22.9 Å². The third kappa shape index (κ3) is 3.13. The number of nitrogens with one attached hydrogen (secondary N) is 1. The van der Waals surface area contributed by atoms with Crippen molar-refractivity contribution in [3.05, 3.63) is 51.7 Å². The van der Waals surface area contributed by atoms with E-state index in [-0.39, 0.29) is 5.91 Å². The molecule has 0 unspecified atom stereocenters. The second-order valence-corrected chi connectivity index (χ2v) is 5.27. The van der Waals surface area contributed by atoms with E-state index in [1.807, 2.05) is 35.9 Å². The average molecular weight is 275 g/mol. The number of rotatable bonds is 4. The number of carbonyl (C=O) groups is 1. The number of amides is 1. The van der Waals surface area contributed by atoms with Crippen LogP contribution in [0.2, 0.25) is 0 Å². The summed E-state index contributed by atoms with van der Waals surface area (Å²) in [6.45, 7) is 2.56. The summed E-state index contributed by atoms with van der Waals surface area (Å²) in [5, 5.41) is 4.05. The maximum atomic E-state index is 12.4. The van der Waals surface area contributed by atoms with Gasteiger partial charge < -0.3 is 10.3 Å². The summed E-state index contributed by atoms with van der Waals surface area (Å²) in [5.74, 6) is 5.43. The third-order valence-electron chi connectivity index (χ3n) is 2.91. The summed E-state index contributed by atoms with van der Waals surface area (Å²) in [4.78, 5) is 14.1. The number of nitrogens with two attached hydrogens (primary N) is 1. The Labute approximate surface area is 116 Å². The zero-order valence-electron chi connectivity index (χ0n) is 11.0. The molecule has 1 amide bonds. The number of hydrazine groups is 1. The van der Waals surface area contributed by atoms with Crippen LogP contribution in [0.15, 0.2) is 35.0 Å². The molecule has 0 fully saturated rings. The fourth-order valence-corrected chi connectivity index (χ4v) is 2.56. The number of aryl methyl sites for hydroxylation is 1. The van der Waals surface area contributed by atoms with Crippen molar-refractivity contribution in [1.29, 1.82) is 0 Å². The highest BCUT2D eigenvalue weighted by atomic mass is 32.1. The largest absolute Gasteiger partial charge is 0.337 e. The molecule has 0 aliphatic carbocycles. The molecule has 0 aliphatic rings. The van der Waals surface area contributed by atoms with Crippen LogP contribution in [0.3, 0.4) is 0 Å². The third-order valence-corrected chi connectivity index (χ3v) is 3.64. The van der Waals surface area contributed by atoms with Crippen LogP contribution in [0.1, 0.15) is 21.5 Å². The van der Waals surface area contributed by atoms with Crippen LogP contribution >= 0.6 is 11.3 Å². The van der Waals surface area contributed by atoms with Crippen molar-refractivity contribution in [1.82, 2.24) is 4.90 Å². The number of hydrogen-bond acceptors (Lipinski definition) is 4. The highest BCUT2D eigenvalue weighted by molar-refractivity contribution is 7.07. The molecule has 0 bridgehead atoms. The van der Waals surface area contributed by atoms with E-state index in [9.17, 15) is 4.79 Å². The van der Waals surface area contributed by atoms with Gasteiger partial charge in [0.15, 0.2) is 0 Å². The molecule has 3 N–H and O–H groups in total. The Hall–Kier alpha value is -1.85. The molecule has 0 spiro atoms. The van der Waals surface area contributed by atoms with Gasteiger partial charge >= 0.3 is 0 Å². The fraction of sp³-hybridized carbons (Fsp3) is 0.214. The number of anilines is 1. The number of nitrogen functional groups attached to an aromatic ring is 1. The van der Waals surface area contributed by atoms with Gasteiger partial charge in [-0.1, -0.05) is 6.07 Å². The SMILES string of the molecule is Cc1ccc(C(=O)N(C)Cc2ccsc2)c(NN)c1. The van der Waals surface area contributed by atoms with Crippen LogP contribution in [0.4, 0.5) is 5.69 Å². The topological polar surface area (TPSA) is 58.4 Å². The number of thiophene rings is 1. The molecule has 1 aromatic heterocycles. The Balaban J connectivity index is 2.19. The number of carbonyl (C=O) groups excluding carboxylic acids is 1. The van der Waals surface area contributed by atoms with Crippen molar-refractivity contribution in [2.24, 2.45) is 5.84 Å². The Kier molecular flexibility index (Phi) is 4.19. The lowest BCUT2D eigenvalue weighted by Crippen LogP contribution is -2.27. The summed E-state index contributed by atoms with van der Waals surface area (Å²) in [7, 11) is 1.79. The molecule has 0 saturated heterocycles. The van der Waals surface area contributed by atoms with Gasteiger partial charge in [-0.05, 0) is 47.0 Å². The van der Waals surface area contributed by atoms with E-state index in [2.05, 4.69) is 5.43 Å². The molecule has 4 nitrogen and oxygen atoms in total. The van der Waals surface area contributed by atoms with Gasteiger partial charge in [0.25, 0.3) is 5.91 Å². The highest BCUT2D eigenvalue weighted by Crippen LogP contribution is 2.19. The van der Waals surface area contributed by atoms with Gasteiger partial charge in [0.2, 0.25) is 0 Å². The first-order chi connectivity index (χ1) is 9.11. The predicted molar refractivity (Wildman–Crippen MR) is 79.1 cm³/mol. The minimum absolute atomic E-state index is 0.0425. The Morgan fingerprint density at radius 3 is 2.84 bits per heavy atom. The molecule has 1 aromatic carbocycles. The summed E-state index contributed by atoms with van der Waals surface area (Å²) in [6.07, 6.45) is 0. The molecule has 5 heteroatoms. The van der Waals surface area contributed by atoms with Crippen LogP contribution in [0.5, 0.6) is 0 Å². The van der Waals surface area contributed by atoms with E-state index in [1.165, 1.54) is 0 Å². The minimum Gasteiger partial charge on any atom is -0.337 e. The lowest BCUT2D eigenvalue weighted by molar-refractivity contribution is 0.0786. The molecule has 2 aromatic rings. The van der Waals surface area contributed by atoms with Gasteiger partial charge in [0, 0.05) is 13.6 Å². The molecule has 0 saturated carbocycles. The fourth-order valence-electron chi connectivity index (χ4n) is 1.90. The molecule has 0 atom stereocenters. The molecule has 2 rings (SSSR count). The van der Waals surface area contributed by atoms with Gasteiger partial charge in [0.1, 0.15) is 0 Å². The lowest BCUT2D eigenvalue weighted by Gasteiger charge is -2.18. The summed E-state index contributed by atoms with van der Waals surface area (Å²) >= 11 is 1.63. The monoisotopic (exact) mass is 275 g/mol. The first-order valence-electron chi connectivity index (χ1n) is 5.95. The summed E-state index contributed by atoms with van der Waals surface area (Å²) in [5.41, 5.74) is 6.02. The lowest BCUT2D eigenvalue weighted by atomic mass is 10.1. The van der Waals surface area contributed by atoms with Gasteiger partial charge in [-0.25, -0.2) is 0 Å². The van der Waals surface area contributed by atoms with Crippen molar-refractivity contribution in [2.75, 3.05) is 12.5 Å². The van der Waals surface area contributed by atoms with Crippen LogP contribution in [-0.4, -0.2) is 17.9 Å². The van der Waals surface area contributed by atoms with Gasteiger partial charge in [-0.2, -0.15) is 11.3 Å². The maximum absolute atomic E-state index is 12.4. The molecule has 100 valence electrons. The number of benzene rings is 1. The average Bonchev–Trinajstić information content (AvgIpc) is 2.90. The molecule has 19 heavy (non-hydrogen) atoms. The molecule has 0 aliphatic heterocycles. The van der Waals surface area contributed by atoms with Gasteiger partial charge in [-0.15, -0.1) is 0 Å². The van der Waals surface area contributed by atoms with Crippen molar-refractivity contribution in [3.63, 3.8) is 0 Å². The second-order valence-electron chi connectivity index (χ2n) is 4.49. The maximum Gasteiger partial charge on any atom is 0.256 e. The normalized spacial score (nSPS) is 10.3. The Bertz CT molecular complexity index is 566. The first kappa shape index (κ1) is 13.6. The smallest absolute Gasteiger partial charge is 0.256 e. The van der Waals surface area contributed by atoms with Crippen LogP contribution in [0.25, 0.3) is 0 Å². The zero-order valence-corrected chi connectivity index (χ0v) is 11.8. The molecule has 1 heterocycles. The highest BCUT2D eigenvalue weighted by Gasteiger charge is 2.15. The summed E-state index contributed by atoms with van der Waals surface area (Å²) in [6, 6.07) is 7.60. The van der Waals surface area contributed by atoms with Crippen LogP contribution in [-0.2, 0) is 6.54 Å².